The molecule has 0 spiro atoms. The van der Waals surface area contributed by atoms with Crippen molar-refractivity contribution in [3.63, 3.8) is 0 Å². The van der Waals surface area contributed by atoms with Crippen LogP contribution in [0.4, 0.5) is 11.4 Å². The molecular formula is C66H36N10. The average molecular weight is 969 g/mol. The summed E-state index contributed by atoms with van der Waals surface area (Å²) >= 11 is 0. The molecule has 0 radical (unpaired) electrons. The van der Waals surface area contributed by atoms with Crippen molar-refractivity contribution < 1.29 is 0 Å². The van der Waals surface area contributed by atoms with E-state index in [-0.39, 0.29) is 0 Å². The topological polar surface area (TPSA) is 118 Å². The summed E-state index contributed by atoms with van der Waals surface area (Å²) in [6, 6.07) is 74.3. The molecule has 0 saturated heterocycles. The van der Waals surface area contributed by atoms with Crippen LogP contribution in [0.1, 0.15) is 11.1 Å². The Bertz CT molecular complexity index is 4640. The van der Waals surface area contributed by atoms with Gasteiger partial charge in [-0.05, 0) is 95.1 Å². The zero-order valence-corrected chi connectivity index (χ0v) is 40.3. The monoisotopic (exact) mass is 968 g/mol. The van der Waals surface area contributed by atoms with E-state index in [0.717, 1.165) is 99.5 Å². The van der Waals surface area contributed by atoms with Crippen LogP contribution < -0.4 is 0 Å². The van der Waals surface area contributed by atoms with Crippen molar-refractivity contribution in [3.05, 3.63) is 252 Å². The molecule has 0 N–H and O–H groups in total. The van der Waals surface area contributed by atoms with E-state index in [1.807, 2.05) is 128 Å². The van der Waals surface area contributed by atoms with E-state index in [4.69, 9.17) is 33.1 Å². The molecule has 9 aromatic carbocycles. The van der Waals surface area contributed by atoms with Gasteiger partial charge in [-0.15, -0.1) is 0 Å². The van der Waals surface area contributed by atoms with E-state index in [2.05, 4.69) is 97.7 Å². The lowest BCUT2D eigenvalue weighted by Gasteiger charge is -2.20. The fraction of sp³-hybridized carbons (Fsp3) is 0. The Kier molecular flexibility index (Phi) is 10.8. The Balaban J connectivity index is 1.11. The molecule has 0 saturated carbocycles. The first-order valence-corrected chi connectivity index (χ1v) is 24.4. The number of rotatable bonds is 8. The van der Waals surface area contributed by atoms with Crippen LogP contribution >= 0.6 is 0 Å². The predicted octanol–water partition coefficient (Wildman–Crippen LogP) is 16.3. The molecule has 10 nitrogen and oxygen atoms in total. The molecule has 0 fully saturated rings. The van der Waals surface area contributed by atoms with Crippen LogP contribution in [-0.4, -0.2) is 29.1 Å². The summed E-state index contributed by atoms with van der Waals surface area (Å²) in [5.41, 5.74) is 14.2. The number of nitriles is 2. The van der Waals surface area contributed by atoms with Crippen molar-refractivity contribution in [3.8, 4) is 91.2 Å². The van der Waals surface area contributed by atoms with Crippen LogP contribution in [-0.2, 0) is 0 Å². The van der Waals surface area contributed by atoms with Crippen molar-refractivity contribution >= 4 is 55.0 Å². The lowest BCUT2D eigenvalue weighted by atomic mass is 9.97. The van der Waals surface area contributed by atoms with E-state index in [1.54, 1.807) is 24.3 Å². The SMILES string of the molecule is [C-]#[N+]c1ccc(-c2ccc3c(c2)c2ccccc2n3-c2cccc(-c3nc(-c4ccccc4)nc(-c4ccccc4)n3)c2-c2ncccc2-n2c3ccccc3c3cc(-c4ccc(C#N)cc4[N+]#[C-])ccc32)c(C#N)c1. The number of benzene rings is 9. The Morgan fingerprint density at radius 1 is 0.408 bits per heavy atom. The number of nitrogens with zero attached hydrogens (tertiary/aromatic N) is 10. The molecule has 76 heavy (non-hydrogen) atoms. The highest BCUT2D eigenvalue weighted by Gasteiger charge is 2.26. The molecule has 0 amide bonds. The molecule has 13 rings (SSSR count). The largest absolute Gasteiger partial charge is 0.309 e. The summed E-state index contributed by atoms with van der Waals surface area (Å²) in [6.07, 6.45) is 1.82. The minimum atomic E-state index is 0.410. The molecule has 0 aliphatic carbocycles. The highest BCUT2D eigenvalue weighted by Crippen LogP contribution is 2.45. The van der Waals surface area contributed by atoms with Gasteiger partial charge in [0.1, 0.15) is 0 Å². The zero-order chi connectivity index (χ0) is 51.3. The van der Waals surface area contributed by atoms with Crippen LogP contribution in [0.2, 0.25) is 0 Å². The second-order valence-corrected chi connectivity index (χ2v) is 18.2. The van der Waals surface area contributed by atoms with Crippen LogP contribution in [0.15, 0.2) is 219 Å². The second kappa shape index (κ2) is 18.4. The second-order valence-electron chi connectivity index (χ2n) is 18.2. The van der Waals surface area contributed by atoms with Gasteiger partial charge < -0.3 is 9.13 Å². The first-order valence-electron chi connectivity index (χ1n) is 24.4. The highest BCUT2D eigenvalue weighted by molar-refractivity contribution is 6.13. The molecular weight excluding hydrogens is 933 g/mol. The summed E-state index contributed by atoms with van der Waals surface area (Å²) < 4.78 is 4.54. The van der Waals surface area contributed by atoms with E-state index in [0.29, 0.717) is 45.7 Å². The van der Waals surface area contributed by atoms with Crippen molar-refractivity contribution in [2.45, 2.75) is 0 Å². The average Bonchev–Trinajstić information content (AvgIpc) is 4.11. The van der Waals surface area contributed by atoms with Crippen molar-refractivity contribution in [2.24, 2.45) is 0 Å². The molecule has 4 aromatic heterocycles. The third kappa shape index (κ3) is 7.39. The fourth-order valence-corrected chi connectivity index (χ4v) is 10.5. The van der Waals surface area contributed by atoms with Crippen LogP contribution in [0.5, 0.6) is 0 Å². The number of aromatic nitrogens is 6. The normalized spacial score (nSPS) is 11.1. The van der Waals surface area contributed by atoms with Gasteiger partial charge in [0, 0.05) is 61.1 Å². The van der Waals surface area contributed by atoms with Gasteiger partial charge in [0.25, 0.3) is 0 Å². The van der Waals surface area contributed by atoms with Gasteiger partial charge >= 0.3 is 0 Å². The number of hydrogen-bond donors (Lipinski definition) is 0. The van der Waals surface area contributed by atoms with Crippen molar-refractivity contribution in [1.82, 2.24) is 29.1 Å². The predicted molar refractivity (Wildman–Crippen MR) is 301 cm³/mol. The highest BCUT2D eigenvalue weighted by atomic mass is 15.1. The smallest absolute Gasteiger partial charge is 0.196 e. The third-order valence-corrected chi connectivity index (χ3v) is 14.0. The maximum Gasteiger partial charge on any atom is 0.196 e. The van der Waals surface area contributed by atoms with E-state index >= 15 is 0 Å². The zero-order valence-electron chi connectivity index (χ0n) is 40.3. The molecule has 350 valence electrons. The van der Waals surface area contributed by atoms with E-state index in [9.17, 15) is 10.5 Å². The Morgan fingerprint density at radius 2 is 0.974 bits per heavy atom. The van der Waals surface area contributed by atoms with Crippen LogP contribution in [0, 0.1) is 35.8 Å². The quantitative estimate of drug-likeness (QED) is 0.140. The van der Waals surface area contributed by atoms with Crippen molar-refractivity contribution in [2.75, 3.05) is 0 Å². The molecule has 0 bridgehead atoms. The van der Waals surface area contributed by atoms with Gasteiger partial charge in [0.15, 0.2) is 28.8 Å². The Labute approximate surface area is 436 Å². The molecule has 0 aliphatic heterocycles. The molecule has 13 aromatic rings. The van der Waals surface area contributed by atoms with E-state index in [1.165, 1.54) is 0 Å². The lowest BCUT2D eigenvalue weighted by Crippen LogP contribution is -2.06. The first-order chi connectivity index (χ1) is 37.5. The molecule has 4 heterocycles. The summed E-state index contributed by atoms with van der Waals surface area (Å²) in [5.74, 6) is 1.50. The number of para-hydroxylation sites is 2. The summed E-state index contributed by atoms with van der Waals surface area (Å²) in [4.78, 5) is 28.5. The van der Waals surface area contributed by atoms with Crippen LogP contribution in [0.3, 0.4) is 0 Å². The lowest BCUT2D eigenvalue weighted by molar-refractivity contribution is 1.07. The molecule has 10 heteroatoms. The van der Waals surface area contributed by atoms with E-state index < -0.39 is 0 Å². The van der Waals surface area contributed by atoms with Crippen LogP contribution in [0.25, 0.3) is 132 Å². The maximum atomic E-state index is 10.3. The molecule has 0 unspecified atom stereocenters. The number of fused-ring (bicyclic) bond motifs is 6. The summed E-state index contributed by atoms with van der Waals surface area (Å²) in [7, 11) is 0. The van der Waals surface area contributed by atoms with Gasteiger partial charge in [-0.1, -0.05) is 140 Å². The minimum Gasteiger partial charge on any atom is -0.309 e. The Hall–Kier alpha value is -11.3. The van der Waals surface area contributed by atoms with Gasteiger partial charge in [0.2, 0.25) is 0 Å². The fourth-order valence-electron chi connectivity index (χ4n) is 10.5. The van der Waals surface area contributed by atoms with Gasteiger partial charge in [-0.3, -0.25) is 4.98 Å². The number of hydrogen-bond acceptors (Lipinski definition) is 6. The Morgan fingerprint density at radius 3 is 1.59 bits per heavy atom. The van der Waals surface area contributed by atoms with Gasteiger partial charge in [-0.25, -0.2) is 24.6 Å². The minimum absolute atomic E-state index is 0.410. The number of pyridine rings is 1. The third-order valence-electron chi connectivity index (χ3n) is 14.0. The molecule has 0 atom stereocenters. The van der Waals surface area contributed by atoms with Crippen molar-refractivity contribution in [1.29, 1.82) is 10.5 Å². The van der Waals surface area contributed by atoms with Gasteiger partial charge in [-0.2, -0.15) is 10.5 Å². The summed E-state index contributed by atoms with van der Waals surface area (Å²) in [6.45, 7) is 15.6. The van der Waals surface area contributed by atoms with Gasteiger partial charge in [0.05, 0.1) is 64.4 Å². The molecule has 0 aliphatic rings. The first kappa shape index (κ1) is 44.6. The maximum absolute atomic E-state index is 10.3. The summed E-state index contributed by atoms with van der Waals surface area (Å²) in [5, 5.41) is 23.9. The standard InChI is InChI=1S/C66H36N10/c1-69-47-29-31-48(46(36-47)40-68)44-27-32-58-53(37-44)50-19-9-11-22-56(50)75(58)60-24-13-21-52(66-73-64(42-15-5-3-6-16-42)72-65(74-66)43-17-7-4-8-18-43)62(60)63-61(25-14-34-71-63)76-57-23-12-10-20-51(57)54-38-45(28-33-59(54)76)49-30-26-41(39-67)35-55(49)70-2/h3-38H.